The third kappa shape index (κ3) is 15.4. The van der Waals surface area contributed by atoms with Crippen LogP contribution in [0.25, 0.3) is 15.8 Å². The van der Waals surface area contributed by atoms with Crippen molar-refractivity contribution in [3.63, 3.8) is 0 Å². The molecule has 2 aliphatic rings. The van der Waals surface area contributed by atoms with Crippen LogP contribution in [0, 0.1) is 30.0 Å². The molecule has 6 nitrogen and oxygen atoms in total. The fraction of sp³-hybridized carbons (Fsp3) is 0.436. The molecule has 2 unspecified atom stereocenters. The minimum absolute atomic E-state index is 0.120. The van der Waals surface area contributed by atoms with E-state index in [1.54, 1.807) is 18.2 Å². The summed E-state index contributed by atoms with van der Waals surface area (Å²) in [4.78, 5) is 13.4. The molecule has 2 atom stereocenters. The summed E-state index contributed by atoms with van der Waals surface area (Å²) in [6, 6.07) is 14.1. The summed E-state index contributed by atoms with van der Waals surface area (Å²) in [6.07, 6.45) is 27.5. The van der Waals surface area contributed by atoms with Crippen LogP contribution >= 0.6 is 31.9 Å². The van der Waals surface area contributed by atoms with Crippen molar-refractivity contribution >= 4 is 57.4 Å². The van der Waals surface area contributed by atoms with Gasteiger partial charge in [-0.25, -0.2) is 4.39 Å². The first-order valence-corrected chi connectivity index (χ1v) is 27.2. The van der Waals surface area contributed by atoms with E-state index in [1.165, 1.54) is 57.1 Å². The van der Waals surface area contributed by atoms with E-state index in [0.717, 1.165) is 91.0 Å². The first-order chi connectivity index (χ1) is 32.0. The van der Waals surface area contributed by atoms with E-state index in [2.05, 4.69) is 64.5 Å². The minimum atomic E-state index is -0.446. The van der Waals surface area contributed by atoms with Crippen LogP contribution in [0.15, 0.2) is 110 Å². The van der Waals surface area contributed by atoms with Gasteiger partial charge in [-0.15, -0.1) is 0 Å². The number of nitrogens with zero attached hydrogens (tertiary/aromatic N) is 2. The number of hydrogen-bond donors (Lipinski definition) is 1. The first kappa shape index (κ1) is 53.2. The number of allylic oxidation sites excluding steroid dienone is 6. The molecule has 11 heteroatoms. The van der Waals surface area contributed by atoms with Gasteiger partial charge in [0.15, 0.2) is 5.75 Å². The van der Waals surface area contributed by atoms with Crippen molar-refractivity contribution in [1.29, 1.82) is 0 Å². The number of hydrogen-bond acceptors (Lipinski definition) is 4. The molecular formula is C55H66Br2F2N4O2Zn-2. The van der Waals surface area contributed by atoms with Gasteiger partial charge in [0.1, 0.15) is 0 Å². The van der Waals surface area contributed by atoms with Crippen molar-refractivity contribution in [3.8, 4) is 11.5 Å². The molecule has 66 heavy (non-hydrogen) atoms. The molecule has 2 N–H and O–H groups in total. The number of aliphatic imine (C=N–C) groups is 2. The zero-order valence-electron chi connectivity index (χ0n) is 39.4. The molecule has 0 fully saturated rings. The maximum absolute atomic E-state index is 16.1. The molecule has 3 heterocycles. The van der Waals surface area contributed by atoms with Crippen molar-refractivity contribution < 1.29 is 36.1 Å². The monoisotopic (exact) mass is 1070 g/mol. The topological polar surface area (TPSA) is 82.8 Å². The third-order valence-corrected chi connectivity index (χ3v) is 15.5. The number of rotatable bonds is 29. The second-order valence-corrected chi connectivity index (χ2v) is 20.5. The van der Waals surface area contributed by atoms with E-state index < -0.39 is 5.82 Å². The molecule has 0 saturated heterocycles. The summed E-state index contributed by atoms with van der Waals surface area (Å²) < 4.78 is 46.0. The van der Waals surface area contributed by atoms with Gasteiger partial charge in [-0.3, -0.25) is 18.4 Å². The van der Waals surface area contributed by atoms with Gasteiger partial charge in [-0.2, -0.15) is 0 Å². The number of benzene rings is 2. The zero-order valence-corrected chi connectivity index (χ0v) is 45.5. The van der Waals surface area contributed by atoms with Gasteiger partial charge in [0.05, 0.1) is 6.61 Å². The zero-order chi connectivity index (χ0) is 47.4. The average molecular weight is 1080 g/mol. The Morgan fingerprint density at radius 3 is 1.73 bits per heavy atom. The van der Waals surface area contributed by atoms with Gasteiger partial charge >= 0.3 is 272 Å². The van der Waals surface area contributed by atoms with Crippen LogP contribution in [-0.2, 0) is 17.9 Å². The normalized spacial score (nSPS) is 16.2. The Morgan fingerprint density at radius 1 is 0.667 bits per heavy atom. The maximum atomic E-state index is 16.1. The Bertz CT molecular complexity index is 2360. The van der Waals surface area contributed by atoms with E-state index >= 15 is 8.78 Å². The molecule has 350 valence electrons. The molecule has 0 radical (unpaired) electrons. The number of H-pyrrole nitrogens is 1. The summed E-state index contributed by atoms with van der Waals surface area (Å²) in [5.74, 6) is 0.537. The molecule has 0 aliphatic carbocycles. The fourth-order valence-corrected chi connectivity index (χ4v) is 9.88. The van der Waals surface area contributed by atoms with Crippen molar-refractivity contribution in [2.75, 3.05) is 13.2 Å². The quantitative estimate of drug-likeness (QED) is 0.0325. The Balaban J connectivity index is 1.37. The molecule has 0 bridgehead atoms. The van der Waals surface area contributed by atoms with Crippen LogP contribution in [-0.4, -0.2) is 33.7 Å². The molecule has 0 spiro atoms. The van der Waals surface area contributed by atoms with Crippen LogP contribution in [0.4, 0.5) is 8.78 Å². The number of unbranched alkanes of at least 4 members (excludes halogenated alkanes) is 8. The molecule has 2 aromatic carbocycles. The number of ether oxygens (including phenoxy) is 2. The first-order valence-electron chi connectivity index (χ1n) is 24.1. The van der Waals surface area contributed by atoms with Gasteiger partial charge in [0, 0.05) is 0 Å². The molecule has 3 aromatic rings. The molecule has 0 amide bonds. The van der Waals surface area contributed by atoms with Crippen LogP contribution < -0.4 is 9.47 Å². The van der Waals surface area contributed by atoms with Gasteiger partial charge in [0.2, 0.25) is 0 Å². The van der Waals surface area contributed by atoms with E-state index in [4.69, 9.17) is 31.8 Å². The Morgan fingerprint density at radius 2 is 1.17 bits per heavy atom. The summed E-state index contributed by atoms with van der Waals surface area (Å²) >= 11 is 8.05. The van der Waals surface area contributed by atoms with Crippen LogP contribution in [0.5, 0.6) is 11.5 Å². The number of halogens is 4. The van der Waals surface area contributed by atoms with Crippen LogP contribution in [0.2, 0.25) is 0 Å². The summed E-state index contributed by atoms with van der Waals surface area (Å²) in [5.41, 5.74) is 14.5. The Kier molecular flexibility index (Phi) is 22.5. The fourth-order valence-electron chi connectivity index (χ4n) is 8.21. The number of aromatic amines is 1. The Labute approximate surface area is 419 Å². The van der Waals surface area contributed by atoms with Gasteiger partial charge < -0.3 is 10.5 Å². The van der Waals surface area contributed by atoms with Crippen LogP contribution in [0.3, 0.4) is 0 Å². The van der Waals surface area contributed by atoms with Crippen molar-refractivity contribution in [2.45, 2.75) is 130 Å². The standard InChI is InChI=1S/C55H66Br2F2N4O2.Zn/c1-6-11-15-17-21-38(19-13-8-3)36-64-51-31-23-40(34-43(51)58)33-42-25-26-49(61-42)55(57)50-30-28-47(63-50)53(46-27-29-48(62-46)54(56)45(60)10-5)41-24-32-52(44(59)35-41)65-37-39(20-14-9-4)22-18-16-12-7-2;/h5,10,23-32,34-35,38-39,60,62H,6-9,11-22,36-37H2,1-4H3;/q-2;/b53-47-,54-45+,55-49+;. The average Bonchev–Trinajstić information content (AvgIpc) is 4.13. The van der Waals surface area contributed by atoms with E-state index in [9.17, 15) is 0 Å². The van der Waals surface area contributed by atoms with E-state index in [0.29, 0.717) is 79.4 Å². The van der Waals surface area contributed by atoms with Crippen molar-refractivity contribution in [1.82, 2.24) is 4.98 Å². The van der Waals surface area contributed by atoms with Gasteiger partial charge in [0.25, 0.3) is 0 Å². The van der Waals surface area contributed by atoms with E-state index in [-0.39, 0.29) is 17.3 Å². The summed E-state index contributed by atoms with van der Waals surface area (Å²) in [7, 11) is 0. The molecule has 0 saturated carbocycles. The summed E-state index contributed by atoms with van der Waals surface area (Å²) in [6.45, 7) is 15.5. The second-order valence-electron chi connectivity index (χ2n) is 17.4. The molecule has 2 aliphatic heterocycles. The summed E-state index contributed by atoms with van der Waals surface area (Å²) in [5, 5.41) is 0. The predicted octanol–water partition coefficient (Wildman–Crippen LogP) is 16.9. The third-order valence-electron chi connectivity index (χ3n) is 12.2. The molecule has 5 rings (SSSR count). The Hall–Kier alpha value is -3.79. The molecular weight excluding hydrogens is 1010 g/mol. The van der Waals surface area contributed by atoms with Crippen molar-refractivity contribution in [2.24, 2.45) is 21.8 Å². The SMILES string of the molecule is [CH-]=C/C([NH-])=C(\Br)c1ccc(/C(=C2/C=CC(C(/Br)=C3/C=CC([C](=[Zn])c4ccc(OCC(CCCC)CCCCCC)c(F)c4)=N3)=N2)c2ccc(OCC(CCCC)CCCCCC)c(F)c2)[nH]1. The number of aromatic nitrogens is 1. The van der Waals surface area contributed by atoms with Crippen LogP contribution in [0.1, 0.15) is 153 Å². The van der Waals surface area contributed by atoms with Crippen molar-refractivity contribution in [3.05, 3.63) is 147 Å². The van der Waals surface area contributed by atoms with Gasteiger partial charge in [-0.05, 0) is 18.8 Å². The van der Waals surface area contributed by atoms with E-state index in [1.807, 2.05) is 48.6 Å². The molecule has 1 aromatic heterocycles. The predicted molar refractivity (Wildman–Crippen MR) is 276 cm³/mol. The number of nitrogens with one attached hydrogen (secondary N) is 2. The second kappa shape index (κ2) is 27.9. The van der Waals surface area contributed by atoms with Gasteiger partial charge in [-0.1, -0.05) is 86.1 Å².